The fourth-order valence-corrected chi connectivity index (χ4v) is 2.69. The van der Waals surface area contributed by atoms with Crippen LogP contribution in [-0.2, 0) is 9.53 Å². The van der Waals surface area contributed by atoms with Crippen LogP contribution < -0.4 is 0 Å². The number of rotatable bonds is 3. The van der Waals surface area contributed by atoms with E-state index in [0.29, 0.717) is 18.3 Å². The van der Waals surface area contributed by atoms with E-state index in [4.69, 9.17) is 4.74 Å². The zero-order valence-electron chi connectivity index (χ0n) is 9.88. The van der Waals surface area contributed by atoms with Crippen LogP contribution in [0.25, 0.3) is 0 Å². The van der Waals surface area contributed by atoms with Gasteiger partial charge >= 0.3 is 5.97 Å². The lowest BCUT2D eigenvalue weighted by Gasteiger charge is -2.28. The Morgan fingerprint density at radius 1 is 1.61 bits per heavy atom. The van der Waals surface area contributed by atoms with Gasteiger partial charge in [-0.25, -0.2) is 9.67 Å². The van der Waals surface area contributed by atoms with E-state index in [1.54, 1.807) is 11.6 Å². The molecule has 6 nitrogen and oxygen atoms in total. The molecule has 0 fully saturated rings. The topological polar surface area (TPSA) is 69.4 Å². The molecule has 2 rings (SSSR count). The first-order valence-electron chi connectivity index (χ1n) is 5.49. The Balaban J connectivity index is 2.42. The number of alkyl halides is 2. The van der Waals surface area contributed by atoms with Gasteiger partial charge in [-0.2, -0.15) is 10.1 Å². The van der Waals surface area contributed by atoms with Crippen molar-refractivity contribution < 1.29 is 9.53 Å². The van der Waals surface area contributed by atoms with Crippen molar-refractivity contribution in [2.75, 3.05) is 6.61 Å². The summed E-state index contributed by atoms with van der Waals surface area (Å²) in [7, 11) is 0. The summed E-state index contributed by atoms with van der Waals surface area (Å²) < 4.78 is 6.53. The molecule has 0 aromatic carbocycles. The first-order valence-corrected chi connectivity index (χ1v) is 7.32. The molecule has 0 aliphatic carbocycles. The summed E-state index contributed by atoms with van der Waals surface area (Å²) in [5.74, 6) is -0.265. The SMILES string of the molecule is CCOC(=O)C1C(C(Br)Br)=Nc2ncnn2C1C. The average molecular weight is 380 g/mol. The number of hydrogen-bond acceptors (Lipinski definition) is 5. The first-order chi connectivity index (χ1) is 8.56. The van der Waals surface area contributed by atoms with E-state index in [-0.39, 0.29) is 15.7 Å². The van der Waals surface area contributed by atoms with Gasteiger partial charge in [-0.1, -0.05) is 31.9 Å². The van der Waals surface area contributed by atoms with E-state index in [9.17, 15) is 4.79 Å². The van der Waals surface area contributed by atoms with Gasteiger partial charge in [0.25, 0.3) is 0 Å². The standard InChI is InChI=1S/C10H12Br2N4O2/c1-3-18-9(17)6-5(2)16-10(13-4-14-16)15-7(6)8(11)12/h4-6,8H,3H2,1-2H3. The van der Waals surface area contributed by atoms with Crippen molar-refractivity contribution in [3.8, 4) is 0 Å². The number of aromatic nitrogens is 3. The van der Waals surface area contributed by atoms with Crippen molar-refractivity contribution in [2.45, 2.75) is 23.6 Å². The van der Waals surface area contributed by atoms with Gasteiger partial charge in [0.15, 0.2) is 0 Å². The van der Waals surface area contributed by atoms with Crippen LogP contribution in [0, 0.1) is 5.92 Å². The summed E-state index contributed by atoms with van der Waals surface area (Å²) in [6, 6.07) is -0.174. The smallest absolute Gasteiger partial charge is 0.316 e. The highest BCUT2D eigenvalue weighted by atomic mass is 79.9. The van der Waals surface area contributed by atoms with Gasteiger partial charge in [0.05, 0.1) is 18.4 Å². The number of carbonyl (C=O) groups is 1. The van der Waals surface area contributed by atoms with Crippen LogP contribution in [0.1, 0.15) is 19.9 Å². The molecule has 8 heteroatoms. The fourth-order valence-electron chi connectivity index (χ4n) is 1.92. The van der Waals surface area contributed by atoms with Crippen LogP contribution in [-0.4, -0.2) is 36.8 Å². The molecule has 0 bridgehead atoms. The fraction of sp³-hybridized carbons (Fsp3) is 0.600. The predicted octanol–water partition coefficient (Wildman–Crippen LogP) is 2.22. The van der Waals surface area contributed by atoms with Crippen molar-refractivity contribution in [1.82, 2.24) is 14.8 Å². The van der Waals surface area contributed by atoms with Gasteiger partial charge in [-0.05, 0) is 13.8 Å². The maximum absolute atomic E-state index is 12.0. The molecule has 98 valence electrons. The van der Waals surface area contributed by atoms with E-state index in [1.165, 1.54) is 6.33 Å². The van der Waals surface area contributed by atoms with Gasteiger partial charge < -0.3 is 4.74 Å². The molecule has 18 heavy (non-hydrogen) atoms. The largest absolute Gasteiger partial charge is 0.465 e. The quantitative estimate of drug-likeness (QED) is 0.596. The van der Waals surface area contributed by atoms with Crippen LogP contribution >= 0.6 is 31.9 Å². The zero-order chi connectivity index (χ0) is 13.3. The third kappa shape index (κ3) is 2.35. The van der Waals surface area contributed by atoms with Crippen LogP contribution in [0.2, 0.25) is 0 Å². The van der Waals surface area contributed by atoms with Gasteiger partial charge in [-0.3, -0.25) is 4.79 Å². The summed E-state index contributed by atoms with van der Waals surface area (Å²) in [5, 5.41) is 4.08. The minimum absolute atomic E-state index is 0.174. The van der Waals surface area contributed by atoms with Crippen molar-refractivity contribution in [3.05, 3.63) is 6.33 Å². The van der Waals surface area contributed by atoms with Gasteiger partial charge in [-0.15, -0.1) is 0 Å². The summed E-state index contributed by atoms with van der Waals surface area (Å²) in [6.45, 7) is 4.02. The van der Waals surface area contributed by atoms with Crippen molar-refractivity contribution in [2.24, 2.45) is 10.9 Å². The third-order valence-electron chi connectivity index (χ3n) is 2.73. The number of ether oxygens (including phenoxy) is 1. The molecule has 1 aromatic rings. The zero-order valence-corrected chi connectivity index (χ0v) is 13.0. The molecule has 0 N–H and O–H groups in total. The molecule has 0 saturated heterocycles. The molecule has 2 unspecified atom stereocenters. The van der Waals surface area contributed by atoms with E-state index in [1.807, 2.05) is 6.92 Å². The normalized spacial score (nSPS) is 22.6. The number of carbonyl (C=O) groups excluding carboxylic acids is 1. The second kappa shape index (κ2) is 5.48. The molecule has 0 spiro atoms. The van der Waals surface area contributed by atoms with E-state index in [2.05, 4.69) is 46.9 Å². The molecule has 1 aliphatic heterocycles. The highest BCUT2D eigenvalue weighted by Crippen LogP contribution is 2.34. The molecular formula is C10H12Br2N4O2. The Hall–Kier alpha value is -0.760. The molecule has 2 atom stereocenters. The second-order valence-electron chi connectivity index (χ2n) is 3.81. The average Bonchev–Trinajstić information content (AvgIpc) is 2.77. The van der Waals surface area contributed by atoms with E-state index in [0.717, 1.165) is 0 Å². The molecule has 0 amide bonds. The molecule has 0 radical (unpaired) electrons. The lowest BCUT2D eigenvalue weighted by Crippen LogP contribution is -2.38. The molecule has 2 heterocycles. The summed E-state index contributed by atoms with van der Waals surface area (Å²) in [5.41, 5.74) is 0.654. The Bertz CT molecular complexity index is 486. The first kappa shape index (κ1) is 13.7. The van der Waals surface area contributed by atoms with E-state index >= 15 is 0 Å². The number of fused-ring (bicyclic) bond motifs is 1. The maximum Gasteiger partial charge on any atom is 0.316 e. The number of esters is 1. The van der Waals surface area contributed by atoms with Crippen LogP contribution in [0.4, 0.5) is 5.95 Å². The minimum Gasteiger partial charge on any atom is -0.465 e. The van der Waals surface area contributed by atoms with Gasteiger partial charge in [0.1, 0.15) is 16.0 Å². The molecular weight excluding hydrogens is 368 g/mol. The van der Waals surface area contributed by atoms with Crippen molar-refractivity contribution in [1.29, 1.82) is 0 Å². The second-order valence-corrected chi connectivity index (χ2v) is 6.87. The maximum atomic E-state index is 12.0. The number of halogens is 2. The molecule has 1 aromatic heterocycles. The van der Waals surface area contributed by atoms with Gasteiger partial charge in [0.2, 0.25) is 5.95 Å². The van der Waals surface area contributed by atoms with Crippen molar-refractivity contribution >= 4 is 49.5 Å². The minimum atomic E-state index is -0.470. The summed E-state index contributed by atoms with van der Waals surface area (Å²) in [6.07, 6.45) is 1.43. The Labute approximate surface area is 121 Å². The Morgan fingerprint density at radius 3 is 2.94 bits per heavy atom. The predicted molar refractivity (Wildman–Crippen MR) is 73.6 cm³/mol. The summed E-state index contributed by atoms with van der Waals surface area (Å²) in [4.78, 5) is 20.5. The number of hydrogen-bond donors (Lipinski definition) is 0. The van der Waals surface area contributed by atoms with E-state index < -0.39 is 5.92 Å². The lowest BCUT2D eigenvalue weighted by molar-refractivity contribution is -0.146. The highest BCUT2D eigenvalue weighted by Gasteiger charge is 2.39. The molecule has 1 aliphatic rings. The summed E-state index contributed by atoms with van der Waals surface area (Å²) >= 11 is 6.77. The number of aliphatic imine (C=N–C) groups is 1. The van der Waals surface area contributed by atoms with Gasteiger partial charge in [0, 0.05) is 0 Å². The number of nitrogens with zero attached hydrogens (tertiary/aromatic N) is 4. The van der Waals surface area contributed by atoms with Crippen molar-refractivity contribution in [3.63, 3.8) is 0 Å². The monoisotopic (exact) mass is 378 g/mol. The highest BCUT2D eigenvalue weighted by molar-refractivity contribution is 9.25. The Morgan fingerprint density at radius 2 is 2.33 bits per heavy atom. The lowest BCUT2D eigenvalue weighted by atomic mass is 9.95. The Kier molecular flexibility index (Phi) is 4.16. The van der Waals surface area contributed by atoms with Crippen LogP contribution in [0.5, 0.6) is 0 Å². The molecule has 0 saturated carbocycles. The van der Waals surface area contributed by atoms with Crippen LogP contribution in [0.3, 0.4) is 0 Å². The third-order valence-corrected chi connectivity index (χ3v) is 3.67. The van der Waals surface area contributed by atoms with Crippen LogP contribution in [0.15, 0.2) is 11.3 Å².